The van der Waals surface area contributed by atoms with Crippen molar-refractivity contribution in [3.63, 3.8) is 0 Å². The minimum Gasteiger partial charge on any atom is -0.463 e. The molecule has 0 spiro atoms. The van der Waals surface area contributed by atoms with Gasteiger partial charge in [-0.3, -0.25) is 28.7 Å². The lowest BCUT2D eigenvalue weighted by Crippen LogP contribution is -2.41. The van der Waals surface area contributed by atoms with Gasteiger partial charge in [-0.25, -0.2) is 4.79 Å². The van der Waals surface area contributed by atoms with Gasteiger partial charge >= 0.3 is 11.7 Å². The predicted octanol–water partition coefficient (Wildman–Crippen LogP) is 0.190. The number of nitrogens with zero attached hydrogens (tertiary/aromatic N) is 7. The third-order valence-corrected chi connectivity index (χ3v) is 11.2. The molecule has 0 aliphatic carbocycles. The Kier molecular flexibility index (Phi) is 23.3. The van der Waals surface area contributed by atoms with Gasteiger partial charge in [0.2, 0.25) is 11.8 Å². The van der Waals surface area contributed by atoms with E-state index < -0.39 is 29.6 Å². The van der Waals surface area contributed by atoms with Gasteiger partial charge in [-0.05, 0) is 103 Å². The summed E-state index contributed by atoms with van der Waals surface area (Å²) in [7, 11) is 0. The molecule has 4 rings (SSSR count). The van der Waals surface area contributed by atoms with Gasteiger partial charge in [-0.15, -0.1) is 0 Å². The summed E-state index contributed by atoms with van der Waals surface area (Å²) in [6, 6.07) is -0.651. The Morgan fingerprint density at radius 1 is 0.750 bits per heavy atom. The maximum atomic E-state index is 13.5. The molecule has 0 saturated carbocycles. The number of rotatable bonds is 13. The first-order valence-electron chi connectivity index (χ1n) is 22.2. The quantitative estimate of drug-likeness (QED) is 0.0512. The van der Waals surface area contributed by atoms with Crippen LogP contribution >= 0.6 is 0 Å². The highest BCUT2D eigenvalue weighted by Crippen LogP contribution is 2.30. The minimum absolute atomic E-state index is 0.0913. The molecular weight excluding hydrogens is 775 g/mol. The third kappa shape index (κ3) is 18.4. The Hall–Kier alpha value is -3.88. The van der Waals surface area contributed by atoms with Crippen LogP contribution in [0.15, 0.2) is 20.9 Å². The summed E-state index contributed by atoms with van der Waals surface area (Å²) in [5.74, 6) is -0.178. The molecule has 1 aromatic heterocycles. The molecule has 4 heterocycles. The Balaban J connectivity index is 1.18. The van der Waals surface area contributed by atoms with Gasteiger partial charge in [-0.2, -0.15) is 0 Å². The second-order valence-corrected chi connectivity index (χ2v) is 15.9. The molecule has 20 nitrogen and oxygen atoms in total. The second-order valence-electron chi connectivity index (χ2n) is 15.9. The van der Waals surface area contributed by atoms with Crippen molar-refractivity contribution in [2.45, 2.75) is 95.9 Å². The lowest BCUT2D eigenvalue weighted by molar-refractivity contribution is -0.148. The normalized spacial score (nSPS) is 22.9. The lowest BCUT2D eigenvalue weighted by atomic mass is 10.1. The fourth-order valence-electron chi connectivity index (χ4n) is 7.66. The summed E-state index contributed by atoms with van der Waals surface area (Å²) >= 11 is 0. The average Bonchev–Trinajstić information content (AvgIpc) is 3.63. The Morgan fingerprint density at radius 2 is 1.35 bits per heavy atom. The van der Waals surface area contributed by atoms with Crippen LogP contribution in [0.5, 0.6) is 0 Å². The molecule has 3 aliphatic heterocycles. The van der Waals surface area contributed by atoms with E-state index in [2.05, 4.69) is 46.5 Å². The Morgan fingerprint density at radius 3 is 2.00 bits per heavy atom. The van der Waals surface area contributed by atoms with Gasteiger partial charge in [0, 0.05) is 108 Å². The van der Waals surface area contributed by atoms with E-state index >= 15 is 0 Å². The van der Waals surface area contributed by atoms with Crippen molar-refractivity contribution in [2.24, 2.45) is 5.11 Å². The van der Waals surface area contributed by atoms with Crippen molar-refractivity contribution in [2.75, 3.05) is 118 Å². The van der Waals surface area contributed by atoms with Crippen molar-refractivity contribution in [3.8, 4) is 0 Å². The topological polar surface area (TPSA) is 243 Å². The molecule has 0 radical (unpaired) electrons. The summed E-state index contributed by atoms with van der Waals surface area (Å²) in [6.07, 6.45) is 6.73. The fraction of sp³-hybridized carbons (Fsp3) is 0.825. The first-order valence-corrected chi connectivity index (χ1v) is 22.2. The molecule has 3 aliphatic rings. The van der Waals surface area contributed by atoms with E-state index in [1.54, 1.807) is 6.92 Å². The van der Waals surface area contributed by atoms with E-state index in [9.17, 15) is 24.0 Å². The number of ether oxygens (including phenoxy) is 2. The molecule has 0 bridgehead atoms. The molecule has 3 saturated heterocycles. The zero-order valence-electron chi connectivity index (χ0n) is 35.8. The number of aromatic nitrogens is 2. The van der Waals surface area contributed by atoms with Gasteiger partial charge in [0.05, 0.1) is 6.04 Å². The van der Waals surface area contributed by atoms with Crippen LogP contribution in [-0.4, -0.2) is 172 Å². The first-order chi connectivity index (χ1) is 29.2. The van der Waals surface area contributed by atoms with E-state index in [0.29, 0.717) is 57.4 Å². The molecule has 338 valence electrons. The number of azide groups is 1. The number of carbonyl (C=O) groups is 3. The van der Waals surface area contributed by atoms with Gasteiger partial charge in [-0.1, -0.05) is 5.11 Å². The molecule has 60 heavy (non-hydrogen) atoms. The second kappa shape index (κ2) is 28.6. The van der Waals surface area contributed by atoms with Crippen LogP contribution in [0.2, 0.25) is 0 Å². The molecule has 0 aromatic carbocycles. The van der Waals surface area contributed by atoms with Crippen LogP contribution in [0, 0.1) is 6.92 Å². The van der Waals surface area contributed by atoms with Crippen LogP contribution in [0.4, 0.5) is 0 Å². The molecule has 3 unspecified atom stereocenters. The standard InChI is InChI=1S/C40H71N13O7/c1-32-30-53(40(58)47-39(32)57)37-29-33(48-49-41)34(60-37)31-59-38(56)11-2-3-22-50-23-8-25-52(28-21-46-15-6-13-44-19-26-50)36(55)10-4-9-35(54)51-24-7-16-43-18-17-42-12-5-14-45-20-27-51/h30,33-34,37,42-46H,2-29,31H2,1H3,(H,47,57,58). The highest BCUT2D eigenvalue weighted by Gasteiger charge is 2.37. The predicted molar refractivity (Wildman–Crippen MR) is 229 cm³/mol. The molecule has 2 amide bonds. The number of carbonyl (C=O) groups excluding carboxylic acids is 3. The molecule has 3 fully saturated rings. The van der Waals surface area contributed by atoms with Crippen molar-refractivity contribution < 1.29 is 23.9 Å². The highest BCUT2D eigenvalue weighted by molar-refractivity contribution is 5.79. The fourth-order valence-corrected chi connectivity index (χ4v) is 7.66. The van der Waals surface area contributed by atoms with E-state index in [4.69, 9.17) is 15.0 Å². The largest absolute Gasteiger partial charge is 0.463 e. The van der Waals surface area contributed by atoms with Crippen LogP contribution in [0.3, 0.4) is 0 Å². The summed E-state index contributed by atoms with van der Waals surface area (Å²) in [4.78, 5) is 75.1. The summed E-state index contributed by atoms with van der Waals surface area (Å²) in [6.45, 7) is 15.3. The highest BCUT2D eigenvalue weighted by atomic mass is 16.6. The number of amides is 2. The maximum absolute atomic E-state index is 13.5. The maximum Gasteiger partial charge on any atom is 0.330 e. The number of aromatic amines is 1. The van der Waals surface area contributed by atoms with Crippen molar-refractivity contribution in [3.05, 3.63) is 43.0 Å². The number of hydrogen-bond donors (Lipinski definition) is 6. The molecule has 3 atom stereocenters. The van der Waals surface area contributed by atoms with Gasteiger partial charge in [0.15, 0.2) is 0 Å². The molecular formula is C40H71N13O7. The van der Waals surface area contributed by atoms with E-state index in [0.717, 1.165) is 117 Å². The zero-order chi connectivity index (χ0) is 42.8. The van der Waals surface area contributed by atoms with Crippen LogP contribution in [-0.2, 0) is 23.9 Å². The SMILES string of the molecule is Cc1cn(C2CC(N=[N+]=[N-])C(COC(=O)CCCCN3CCCN(C(=O)CCCC(=O)N4CCCNCCNCCCNCC4)CCNCCCNCC3)O2)c(=O)[nH]c1=O. The Bertz CT molecular complexity index is 1590. The van der Waals surface area contributed by atoms with Crippen molar-refractivity contribution >= 4 is 17.8 Å². The molecule has 1 aromatic rings. The van der Waals surface area contributed by atoms with Crippen molar-refractivity contribution in [1.82, 2.24) is 50.8 Å². The van der Waals surface area contributed by atoms with Crippen molar-refractivity contribution in [1.29, 1.82) is 0 Å². The minimum atomic E-state index is -0.778. The third-order valence-electron chi connectivity index (χ3n) is 11.2. The van der Waals surface area contributed by atoms with E-state index in [1.807, 2.05) is 9.80 Å². The molecule has 6 N–H and O–H groups in total. The van der Waals surface area contributed by atoms with Gasteiger partial charge in [0.1, 0.15) is 18.9 Å². The number of aryl methyl sites for hydroxylation is 1. The Labute approximate surface area is 353 Å². The number of unbranched alkanes of at least 4 members (excludes halogenated alkanes) is 1. The number of nitrogens with one attached hydrogen (secondary N) is 6. The average molecular weight is 846 g/mol. The zero-order valence-corrected chi connectivity index (χ0v) is 35.8. The monoisotopic (exact) mass is 846 g/mol. The van der Waals surface area contributed by atoms with E-state index in [-0.39, 0.29) is 37.2 Å². The first kappa shape index (κ1) is 48.8. The number of H-pyrrole nitrogens is 1. The van der Waals surface area contributed by atoms with Gasteiger partial charge < -0.3 is 50.8 Å². The van der Waals surface area contributed by atoms with Crippen LogP contribution < -0.4 is 37.8 Å². The number of hydrogen-bond acceptors (Lipinski definition) is 14. The number of esters is 1. The van der Waals surface area contributed by atoms with E-state index in [1.165, 1.54) is 10.8 Å². The summed E-state index contributed by atoms with van der Waals surface area (Å²) in [5, 5.41) is 21.1. The van der Waals surface area contributed by atoms with Crippen LogP contribution in [0.25, 0.3) is 10.4 Å². The smallest absolute Gasteiger partial charge is 0.330 e. The summed E-state index contributed by atoms with van der Waals surface area (Å²) in [5.41, 5.74) is 8.30. The summed E-state index contributed by atoms with van der Waals surface area (Å²) < 4.78 is 12.7. The van der Waals surface area contributed by atoms with Crippen LogP contribution in [0.1, 0.15) is 82.4 Å². The van der Waals surface area contributed by atoms with Gasteiger partial charge in [0.25, 0.3) is 5.56 Å². The lowest BCUT2D eigenvalue weighted by Gasteiger charge is -2.27. The molecule has 20 heteroatoms.